The van der Waals surface area contributed by atoms with Crippen molar-refractivity contribution in [2.45, 2.75) is 26.3 Å². The second-order valence-corrected chi connectivity index (χ2v) is 7.25. The highest BCUT2D eigenvalue weighted by molar-refractivity contribution is 6.05. The van der Waals surface area contributed by atoms with E-state index in [0.29, 0.717) is 23.4 Å². The van der Waals surface area contributed by atoms with Crippen LogP contribution in [0.5, 0.6) is 0 Å². The van der Waals surface area contributed by atoms with E-state index in [0.717, 1.165) is 37.3 Å². The van der Waals surface area contributed by atoms with Gasteiger partial charge in [0.2, 0.25) is 0 Å². The Hall–Kier alpha value is -3.66. The number of aromatic nitrogens is 2. The van der Waals surface area contributed by atoms with Crippen LogP contribution in [0.3, 0.4) is 0 Å². The van der Waals surface area contributed by atoms with E-state index < -0.39 is 11.7 Å². The molecule has 1 saturated heterocycles. The van der Waals surface area contributed by atoms with Crippen molar-refractivity contribution in [3.05, 3.63) is 65.6 Å². The lowest BCUT2D eigenvalue weighted by Gasteiger charge is -2.19. The topological polar surface area (TPSA) is 74.0 Å². The van der Waals surface area contributed by atoms with Crippen LogP contribution in [0.4, 0.5) is 15.8 Å². The molecule has 6 nitrogen and oxygen atoms in total. The quantitative estimate of drug-likeness (QED) is 0.684. The van der Waals surface area contributed by atoms with Crippen LogP contribution in [-0.4, -0.2) is 28.8 Å². The molecule has 0 atom stereocenters. The van der Waals surface area contributed by atoms with Crippen LogP contribution in [0, 0.1) is 17.1 Å². The fourth-order valence-corrected chi connectivity index (χ4v) is 3.84. The zero-order valence-electron chi connectivity index (χ0n) is 16.7. The summed E-state index contributed by atoms with van der Waals surface area (Å²) in [5.41, 5.74) is 3.43. The third-order valence-corrected chi connectivity index (χ3v) is 5.29. The van der Waals surface area contributed by atoms with Crippen molar-refractivity contribution >= 4 is 17.3 Å². The van der Waals surface area contributed by atoms with Gasteiger partial charge in [-0.2, -0.15) is 10.4 Å². The number of carbonyl (C=O) groups excluding carboxylic acids is 1. The largest absolute Gasteiger partial charge is 0.370 e. The van der Waals surface area contributed by atoms with Crippen molar-refractivity contribution in [1.82, 2.24) is 9.78 Å². The number of carbonyl (C=O) groups is 1. The Morgan fingerprint density at radius 2 is 2.00 bits per heavy atom. The summed E-state index contributed by atoms with van der Waals surface area (Å²) in [5.74, 6) is -0.931. The van der Waals surface area contributed by atoms with Crippen molar-refractivity contribution in [1.29, 1.82) is 5.26 Å². The predicted octanol–water partition coefficient (Wildman–Crippen LogP) is 4.43. The van der Waals surface area contributed by atoms with Crippen molar-refractivity contribution in [2.24, 2.45) is 0 Å². The van der Waals surface area contributed by atoms with Gasteiger partial charge in [0.05, 0.1) is 16.9 Å². The van der Waals surface area contributed by atoms with E-state index in [9.17, 15) is 14.4 Å². The standard InChI is InChI=1S/C23H22FN5O/c1-2-29-22(7-8-26-29)16-11-17(13-19(24)12-16)23(30)27-20-5-6-21(18(14-20)15-25)28-9-3-4-10-28/h5-8,11-14H,2-4,9-10H2,1H3,(H,27,30). The van der Waals surface area contributed by atoms with Gasteiger partial charge in [-0.15, -0.1) is 0 Å². The molecule has 1 N–H and O–H groups in total. The van der Waals surface area contributed by atoms with Gasteiger partial charge in [0, 0.05) is 42.6 Å². The number of hydrogen-bond donors (Lipinski definition) is 1. The number of anilines is 2. The maximum Gasteiger partial charge on any atom is 0.255 e. The first kappa shape index (κ1) is 19.6. The summed E-state index contributed by atoms with van der Waals surface area (Å²) >= 11 is 0. The third-order valence-electron chi connectivity index (χ3n) is 5.29. The van der Waals surface area contributed by atoms with Crippen LogP contribution in [-0.2, 0) is 6.54 Å². The van der Waals surface area contributed by atoms with Gasteiger partial charge in [-0.05, 0) is 62.2 Å². The lowest BCUT2D eigenvalue weighted by molar-refractivity contribution is 0.102. The monoisotopic (exact) mass is 403 g/mol. The summed E-state index contributed by atoms with van der Waals surface area (Å²) in [4.78, 5) is 15.0. The number of hydrogen-bond acceptors (Lipinski definition) is 4. The van der Waals surface area contributed by atoms with Gasteiger partial charge in [0.25, 0.3) is 5.91 Å². The lowest BCUT2D eigenvalue weighted by Crippen LogP contribution is -2.19. The molecule has 4 rings (SSSR count). The van der Waals surface area contributed by atoms with E-state index in [1.165, 1.54) is 12.1 Å². The van der Waals surface area contributed by atoms with E-state index in [1.54, 1.807) is 35.1 Å². The van der Waals surface area contributed by atoms with Gasteiger partial charge < -0.3 is 10.2 Å². The fourth-order valence-electron chi connectivity index (χ4n) is 3.84. The average Bonchev–Trinajstić information content (AvgIpc) is 3.45. The van der Waals surface area contributed by atoms with Gasteiger partial charge in [0.1, 0.15) is 11.9 Å². The molecule has 1 aliphatic heterocycles. The number of halogens is 1. The summed E-state index contributed by atoms with van der Waals surface area (Å²) in [6, 6.07) is 13.5. The molecule has 0 saturated carbocycles. The molecule has 1 aromatic heterocycles. The molecule has 1 aliphatic rings. The molecule has 0 unspecified atom stereocenters. The van der Waals surface area contributed by atoms with Crippen LogP contribution in [0.2, 0.25) is 0 Å². The number of rotatable bonds is 5. The Morgan fingerprint density at radius 3 is 2.73 bits per heavy atom. The van der Waals surface area contributed by atoms with Crippen LogP contribution < -0.4 is 10.2 Å². The van der Waals surface area contributed by atoms with Crippen molar-refractivity contribution in [2.75, 3.05) is 23.3 Å². The van der Waals surface area contributed by atoms with Crippen molar-refractivity contribution < 1.29 is 9.18 Å². The molecule has 0 spiro atoms. The second-order valence-electron chi connectivity index (χ2n) is 7.25. The fraction of sp³-hybridized carbons (Fsp3) is 0.261. The number of nitrogens with zero attached hydrogens (tertiary/aromatic N) is 4. The van der Waals surface area contributed by atoms with E-state index in [4.69, 9.17) is 0 Å². The highest BCUT2D eigenvalue weighted by atomic mass is 19.1. The number of amides is 1. The normalized spacial score (nSPS) is 13.3. The number of benzene rings is 2. The Labute approximate surface area is 174 Å². The maximum absolute atomic E-state index is 14.2. The minimum Gasteiger partial charge on any atom is -0.370 e. The molecule has 7 heteroatoms. The highest BCUT2D eigenvalue weighted by Crippen LogP contribution is 2.28. The average molecular weight is 403 g/mol. The summed E-state index contributed by atoms with van der Waals surface area (Å²) in [6.45, 7) is 4.45. The molecular weight excluding hydrogens is 381 g/mol. The first-order valence-electron chi connectivity index (χ1n) is 10.0. The van der Waals surface area contributed by atoms with E-state index in [2.05, 4.69) is 21.4 Å². The van der Waals surface area contributed by atoms with Gasteiger partial charge in [-0.25, -0.2) is 4.39 Å². The molecule has 1 fully saturated rings. The first-order chi connectivity index (χ1) is 14.6. The Balaban J connectivity index is 1.59. The molecule has 152 valence electrons. The second kappa shape index (κ2) is 8.37. The molecule has 3 aromatic rings. The Morgan fingerprint density at radius 1 is 1.20 bits per heavy atom. The number of nitrogens with one attached hydrogen (secondary N) is 1. The Kier molecular flexibility index (Phi) is 5.48. The van der Waals surface area contributed by atoms with Crippen LogP contribution in [0.15, 0.2) is 48.7 Å². The number of nitriles is 1. The smallest absolute Gasteiger partial charge is 0.255 e. The SMILES string of the molecule is CCn1nccc1-c1cc(F)cc(C(=O)Nc2ccc(N3CCCC3)c(C#N)c2)c1. The van der Waals surface area contributed by atoms with E-state index in [1.807, 2.05) is 13.0 Å². The summed E-state index contributed by atoms with van der Waals surface area (Å²) in [6.07, 6.45) is 3.87. The van der Waals surface area contributed by atoms with Gasteiger partial charge in [-0.3, -0.25) is 9.48 Å². The molecular formula is C23H22FN5O. The molecule has 0 radical (unpaired) electrons. The maximum atomic E-state index is 14.2. The summed E-state index contributed by atoms with van der Waals surface area (Å²) < 4.78 is 16.0. The van der Waals surface area contributed by atoms with Crippen molar-refractivity contribution in [3.63, 3.8) is 0 Å². The minimum absolute atomic E-state index is 0.205. The van der Waals surface area contributed by atoms with E-state index >= 15 is 0 Å². The zero-order valence-corrected chi connectivity index (χ0v) is 16.7. The van der Waals surface area contributed by atoms with Crippen LogP contribution in [0.1, 0.15) is 35.7 Å². The molecule has 0 bridgehead atoms. The molecule has 2 heterocycles. The zero-order chi connectivity index (χ0) is 21.1. The Bertz CT molecular complexity index is 1120. The number of aryl methyl sites for hydroxylation is 1. The van der Waals surface area contributed by atoms with Crippen LogP contribution >= 0.6 is 0 Å². The predicted molar refractivity (Wildman–Crippen MR) is 114 cm³/mol. The highest BCUT2D eigenvalue weighted by Gasteiger charge is 2.17. The summed E-state index contributed by atoms with van der Waals surface area (Å²) in [7, 11) is 0. The molecule has 2 aromatic carbocycles. The first-order valence-corrected chi connectivity index (χ1v) is 10.0. The minimum atomic E-state index is -0.497. The molecule has 1 amide bonds. The van der Waals surface area contributed by atoms with Gasteiger partial charge in [0.15, 0.2) is 0 Å². The lowest BCUT2D eigenvalue weighted by atomic mass is 10.1. The van der Waals surface area contributed by atoms with Gasteiger partial charge in [-0.1, -0.05) is 0 Å². The van der Waals surface area contributed by atoms with Gasteiger partial charge >= 0.3 is 0 Å². The molecule has 30 heavy (non-hydrogen) atoms. The van der Waals surface area contributed by atoms with Crippen LogP contribution in [0.25, 0.3) is 11.3 Å². The van der Waals surface area contributed by atoms with Crippen molar-refractivity contribution in [3.8, 4) is 17.3 Å². The third kappa shape index (κ3) is 3.90. The summed E-state index contributed by atoms with van der Waals surface area (Å²) in [5, 5.41) is 16.5. The molecule has 0 aliphatic carbocycles. The van der Waals surface area contributed by atoms with E-state index in [-0.39, 0.29) is 5.56 Å².